The summed E-state index contributed by atoms with van der Waals surface area (Å²) in [6.07, 6.45) is 1.21. The highest BCUT2D eigenvalue weighted by Gasteiger charge is 2.42. The molecular weight excluding hydrogens is 268 g/mol. The Bertz CT molecular complexity index is 563. The molecule has 5 heteroatoms. The number of nitrogens with zero attached hydrogens (tertiary/aromatic N) is 1. The van der Waals surface area contributed by atoms with Crippen molar-refractivity contribution < 1.29 is 14.7 Å². The molecule has 3 N–H and O–H groups in total. The van der Waals surface area contributed by atoms with E-state index < -0.39 is 23.5 Å². The van der Waals surface area contributed by atoms with Crippen molar-refractivity contribution in [3.8, 4) is 0 Å². The number of hydrogen-bond acceptors (Lipinski definition) is 3. The minimum atomic E-state index is -1.01. The molecule has 114 valence electrons. The molecular formula is C16H22N2O3. The van der Waals surface area contributed by atoms with Gasteiger partial charge in [-0.15, -0.1) is 0 Å². The number of amides is 1. The van der Waals surface area contributed by atoms with Gasteiger partial charge in [-0.05, 0) is 29.9 Å². The number of carboxylic acids is 1. The Morgan fingerprint density at radius 3 is 2.57 bits per heavy atom. The third-order valence-electron chi connectivity index (χ3n) is 3.84. The summed E-state index contributed by atoms with van der Waals surface area (Å²) in [6, 6.07) is 5.82. The molecule has 5 nitrogen and oxygen atoms in total. The van der Waals surface area contributed by atoms with E-state index in [1.807, 2.05) is 39.0 Å². The Balaban J connectivity index is 2.61. The number of rotatable bonds is 2. The predicted molar refractivity (Wildman–Crippen MR) is 81.1 cm³/mol. The van der Waals surface area contributed by atoms with E-state index in [0.29, 0.717) is 18.5 Å². The lowest BCUT2D eigenvalue weighted by molar-refractivity contribution is -0.143. The molecule has 2 atom stereocenters. The Kier molecular flexibility index (Phi) is 4.05. The zero-order valence-corrected chi connectivity index (χ0v) is 12.7. The van der Waals surface area contributed by atoms with E-state index in [1.165, 1.54) is 4.90 Å². The van der Waals surface area contributed by atoms with E-state index >= 15 is 0 Å². The standard InChI is InChI=1S/C16H22N2O3/c1-16(2,3)13(15(20)21)18-12-7-5-4-6-10(12)8-9-11(17)14(18)19/h4-7,11,13H,8-9,17H2,1-3H3,(H,20,21)/t11?,13-/m1/s1. The van der Waals surface area contributed by atoms with Crippen molar-refractivity contribution in [3.63, 3.8) is 0 Å². The van der Waals surface area contributed by atoms with Crippen molar-refractivity contribution in [2.45, 2.75) is 45.7 Å². The molecule has 0 radical (unpaired) electrons. The molecule has 1 aromatic rings. The Labute approximate surface area is 124 Å². The van der Waals surface area contributed by atoms with Crippen LogP contribution in [-0.2, 0) is 16.0 Å². The summed E-state index contributed by atoms with van der Waals surface area (Å²) in [5.74, 6) is -1.33. The maximum Gasteiger partial charge on any atom is 0.327 e. The van der Waals surface area contributed by atoms with E-state index in [4.69, 9.17) is 5.73 Å². The van der Waals surface area contributed by atoms with Crippen LogP contribution in [0, 0.1) is 5.41 Å². The monoisotopic (exact) mass is 290 g/mol. The summed E-state index contributed by atoms with van der Waals surface area (Å²) in [4.78, 5) is 25.8. The van der Waals surface area contributed by atoms with E-state index in [9.17, 15) is 14.7 Å². The minimum absolute atomic E-state index is 0.317. The number of carbonyl (C=O) groups excluding carboxylic acids is 1. The van der Waals surface area contributed by atoms with Gasteiger partial charge in [0, 0.05) is 5.69 Å². The average Bonchev–Trinajstić information content (AvgIpc) is 2.50. The number of hydrogen-bond donors (Lipinski definition) is 2. The van der Waals surface area contributed by atoms with Crippen LogP contribution in [-0.4, -0.2) is 29.1 Å². The first-order valence-electron chi connectivity index (χ1n) is 7.13. The minimum Gasteiger partial charge on any atom is -0.480 e. The van der Waals surface area contributed by atoms with Crippen LogP contribution in [0.5, 0.6) is 0 Å². The smallest absolute Gasteiger partial charge is 0.327 e. The molecule has 0 saturated carbocycles. The van der Waals surface area contributed by atoms with Crippen molar-refractivity contribution in [1.29, 1.82) is 0 Å². The topological polar surface area (TPSA) is 83.6 Å². The number of para-hydroxylation sites is 1. The molecule has 0 saturated heterocycles. The van der Waals surface area contributed by atoms with Gasteiger partial charge in [0.05, 0.1) is 6.04 Å². The fraction of sp³-hybridized carbons (Fsp3) is 0.500. The van der Waals surface area contributed by atoms with Crippen molar-refractivity contribution >= 4 is 17.6 Å². The fourth-order valence-electron chi connectivity index (χ4n) is 2.82. The highest BCUT2D eigenvalue weighted by molar-refractivity contribution is 6.03. The maximum absolute atomic E-state index is 12.6. The van der Waals surface area contributed by atoms with Gasteiger partial charge < -0.3 is 10.8 Å². The summed E-state index contributed by atoms with van der Waals surface area (Å²) in [7, 11) is 0. The molecule has 0 spiro atoms. The summed E-state index contributed by atoms with van der Waals surface area (Å²) in [6.45, 7) is 5.45. The quantitative estimate of drug-likeness (QED) is 0.870. The summed E-state index contributed by atoms with van der Waals surface area (Å²) >= 11 is 0. The van der Waals surface area contributed by atoms with Gasteiger partial charge in [0.2, 0.25) is 5.91 Å². The Morgan fingerprint density at radius 2 is 2.00 bits per heavy atom. The van der Waals surface area contributed by atoms with Gasteiger partial charge in [-0.25, -0.2) is 4.79 Å². The lowest BCUT2D eigenvalue weighted by atomic mass is 9.85. The lowest BCUT2D eigenvalue weighted by Crippen LogP contribution is -2.56. The van der Waals surface area contributed by atoms with Crippen LogP contribution in [0.25, 0.3) is 0 Å². The lowest BCUT2D eigenvalue weighted by Gasteiger charge is -2.38. The molecule has 1 aliphatic rings. The van der Waals surface area contributed by atoms with Crippen molar-refractivity contribution in [3.05, 3.63) is 29.8 Å². The van der Waals surface area contributed by atoms with E-state index in [2.05, 4.69) is 0 Å². The van der Waals surface area contributed by atoms with E-state index in [0.717, 1.165) is 5.56 Å². The number of fused-ring (bicyclic) bond motifs is 1. The largest absolute Gasteiger partial charge is 0.480 e. The zero-order valence-electron chi connectivity index (χ0n) is 12.7. The summed E-state index contributed by atoms with van der Waals surface area (Å²) < 4.78 is 0. The zero-order chi connectivity index (χ0) is 15.8. The van der Waals surface area contributed by atoms with Crippen LogP contribution in [0.1, 0.15) is 32.8 Å². The van der Waals surface area contributed by atoms with Gasteiger partial charge in [0.1, 0.15) is 6.04 Å². The molecule has 0 bridgehead atoms. The van der Waals surface area contributed by atoms with Crippen LogP contribution in [0.15, 0.2) is 24.3 Å². The molecule has 21 heavy (non-hydrogen) atoms. The highest BCUT2D eigenvalue weighted by atomic mass is 16.4. The number of anilines is 1. The molecule has 1 aliphatic heterocycles. The average molecular weight is 290 g/mol. The number of carbonyl (C=O) groups is 2. The number of aryl methyl sites for hydroxylation is 1. The van der Waals surface area contributed by atoms with Gasteiger partial charge >= 0.3 is 5.97 Å². The maximum atomic E-state index is 12.6. The van der Waals surface area contributed by atoms with Crippen LogP contribution in [0.4, 0.5) is 5.69 Å². The second-order valence-electron chi connectivity index (χ2n) is 6.59. The highest BCUT2D eigenvalue weighted by Crippen LogP contribution is 2.34. The first-order chi connectivity index (χ1) is 9.73. The molecule has 0 fully saturated rings. The first-order valence-corrected chi connectivity index (χ1v) is 7.13. The summed E-state index contributed by atoms with van der Waals surface area (Å²) in [5.41, 5.74) is 6.98. The first kappa shape index (κ1) is 15.5. The number of aliphatic carboxylic acids is 1. The van der Waals surface area contributed by atoms with Crippen LogP contribution < -0.4 is 10.6 Å². The second-order valence-corrected chi connectivity index (χ2v) is 6.59. The van der Waals surface area contributed by atoms with Gasteiger partial charge in [-0.3, -0.25) is 9.69 Å². The Morgan fingerprint density at radius 1 is 1.38 bits per heavy atom. The molecule has 1 amide bonds. The summed E-state index contributed by atoms with van der Waals surface area (Å²) in [5, 5.41) is 9.65. The van der Waals surface area contributed by atoms with Crippen LogP contribution in [0.2, 0.25) is 0 Å². The fourth-order valence-corrected chi connectivity index (χ4v) is 2.82. The van der Waals surface area contributed by atoms with E-state index in [1.54, 1.807) is 6.07 Å². The number of benzene rings is 1. The SMILES string of the molecule is CC(C)(C)[C@@H](C(=O)O)N1C(=O)C(N)CCc2ccccc21. The van der Waals surface area contributed by atoms with Crippen molar-refractivity contribution in [2.24, 2.45) is 11.1 Å². The number of carboxylic acid groups (broad SMARTS) is 1. The van der Waals surface area contributed by atoms with Crippen molar-refractivity contribution in [2.75, 3.05) is 4.90 Å². The van der Waals surface area contributed by atoms with Gasteiger partial charge in [0.15, 0.2) is 0 Å². The molecule has 1 aromatic carbocycles. The van der Waals surface area contributed by atoms with Gasteiger partial charge in [-0.2, -0.15) is 0 Å². The molecule has 0 aliphatic carbocycles. The Hall–Kier alpha value is -1.88. The third-order valence-corrected chi connectivity index (χ3v) is 3.84. The third kappa shape index (κ3) is 2.93. The molecule has 0 aromatic heterocycles. The number of nitrogens with two attached hydrogens (primary N) is 1. The van der Waals surface area contributed by atoms with Crippen LogP contribution >= 0.6 is 0 Å². The van der Waals surface area contributed by atoms with Gasteiger partial charge in [0.25, 0.3) is 0 Å². The normalized spacial score (nSPS) is 20.7. The van der Waals surface area contributed by atoms with Crippen molar-refractivity contribution in [1.82, 2.24) is 0 Å². The van der Waals surface area contributed by atoms with Gasteiger partial charge in [-0.1, -0.05) is 39.0 Å². The molecule has 1 unspecified atom stereocenters. The molecule has 2 rings (SSSR count). The van der Waals surface area contributed by atoms with Crippen LogP contribution in [0.3, 0.4) is 0 Å². The molecule has 1 heterocycles. The second kappa shape index (κ2) is 5.48. The van der Waals surface area contributed by atoms with E-state index in [-0.39, 0.29) is 5.91 Å². The predicted octanol–water partition coefficient (Wildman–Crippen LogP) is 1.79.